The highest BCUT2D eigenvalue weighted by molar-refractivity contribution is 4.81. The van der Waals surface area contributed by atoms with Crippen molar-refractivity contribution in [2.75, 3.05) is 6.61 Å². The number of nitriles is 1. The molecule has 2 atom stereocenters. The van der Waals surface area contributed by atoms with Gasteiger partial charge in [0.15, 0.2) is 0 Å². The van der Waals surface area contributed by atoms with E-state index in [2.05, 4.69) is 25.2 Å². The fraction of sp³-hybridized carbons (Fsp3) is 0.900. The van der Waals surface area contributed by atoms with Crippen molar-refractivity contribution in [3.63, 3.8) is 0 Å². The first-order chi connectivity index (χ1) is 6.24. The second kappa shape index (κ2) is 8.03. The second-order valence-electron chi connectivity index (χ2n) is 3.40. The molecule has 0 fully saturated rings. The van der Waals surface area contributed by atoms with E-state index in [1.807, 2.05) is 0 Å². The molecule has 0 aromatic heterocycles. The van der Waals surface area contributed by atoms with Crippen molar-refractivity contribution >= 4 is 0 Å². The molecule has 0 aromatic carbocycles. The quantitative estimate of drug-likeness (QED) is 0.629. The van der Waals surface area contributed by atoms with Crippen molar-refractivity contribution in [3.05, 3.63) is 0 Å². The molecule has 0 bridgehead atoms. The van der Waals surface area contributed by atoms with Crippen molar-refractivity contribution in [1.29, 1.82) is 5.26 Å². The van der Waals surface area contributed by atoms with E-state index in [0.29, 0.717) is 18.5 Å². The summed E-state index contributed by atoms with van der Waals surface area (Å²) < 4.78 is 0. The monoisotopic (exact) mass is 184 g/mol. The lowest BCUT2D eigenvalue weighted by molar-refractivity contribution is 0.273. The van der Waals surface area contributed by atoms with Gasteiger partial charge < -0.3 is 10.4 Å². The van der Waals surface area contributed by atoms with Gasteiger partial charge in [-0.2, -0.15) is 5.26 Å². The maximum atomic E-state index is 8.63. The maximum absolute atomic E-state index is 8.63. The predicted octanol–water partition coefficient (Wildman–Crippen LogP) is 1.43. The maximum Gasteiger partial charge on any atom is 0.0638 e. The van der Waals surface area contributed by atoms with Crippen LogP contribution in [0.1, 0.15) is 39.5 Å². The summed E-state index contributed by atoms with van der Waals surface area (Å²) in [5.74, 6) is 0. The summed E-state index contributed by atoms with van der Waals surface area (Å²) in [6.07, 6.45) is 3.35. The predicted molar refractivity (Wildman–Crippen MR) is 53.2 cm³/mol. The Morgan fingerprint density at radius 3 is 2.69 bits per heavy atom. The van der Waals surface area contributed by atoms with Crippen molar-refractivity contribution in [3.8, 4) is 6.07 Å². The molecule has 0 saturated heterocycles. The van der Waals surface area contributed by atoms with Gasteiger partial charge in [0.1, 0.15) is 0 Å². The van der Waals surface area contributed by atoms with Crippen LogP contribution in [0, 0.1) is 11.3 Å². The number of aliphatic hydroxyl groups excluding tert-OH is 1. The molecule has 3 heteroatoms. The minimum Gasteiger partial charge on any atom is -0.396 e. The van der Waals surface area contributed by atoms with Crippen LogP contribution in [0.4, 0.5) is 0 Å². The van der Waals surface area contributed by atoms with Crippen molar-refractivity contribution in [2.45, 2.75) is 51.6 Å². The third kappa shape index (κ3) is 6.56. The smallest absolute Gasteiger partial charge is 0.0638 e. The molecule has 2 unspecified atom stereocenters. The Kier molecular flexibility index (Phi) is 7.66. The van der Waals surface area contributed by atoms with E-state index in [0.717, 1.165) is 19.3 Å². The summed E-state index contributed by atoms with van der Waals surface area (Å²) in [7, 11) is 0. The van der Waals surface area contributed by atoms with Crippen molar-refractivity contribution in [1.82, 2.24) is 5.32 Å². The van der Waals surface area contributed by atoms with Crippen LogP contribution in [0.15, 0.2) is 0 Å². The summed E-state index contributed by atoms with van der Waals surface area (Å²) in [5, 5.41) is 20.5. The van der Waals surface area contributed by atoms with Gasteiger partial charge >= 0.3 is 0 Å². The van der Waals surface area contributed by atoms with E-state index < -0.39 is 0 Å². The van der Waals surface area contributed by atoms with E-state index in [1.54, 1.807) is 0 Å². The molecule has 0 heterocycles. The van der Waals surface area contributed by atoms with Crippen LogP contribution in [0.3, 0.4) is 0 Å². The van der Waals surface area contributed by atoms with Gasteiger partial charge in [0.05, 0.1) is 12.5 Å². The number of nitrogens with zero attached hydrogens (tertiary/aromatic N) is 1. The normalized spacial score (nSPS) is 14.9. The summed E-state index contributed by atoms with van der Waals surface area (Å²) in [4.78, 5) is 0. The number of hydrogen-bond acceptors (Lipinski definition) is 3. The van der Waals surface area contributed by atoms with Crippen LogP contribution < -0.4 is 5.32 Å². The van der Waals surface area contributed by atoms with Gasteiger partial charge in [0.2, 0.25) is 0 Å². The lowest BCUT2D eigenvalue weighted by atomic mass is 10.1. The highest BCUT2D eigenvalue weighted by Gasteiger charge is 2.08. The van der Waals surface area contributed by atoms with Gasteiger partial charge in [-0.15, -0.1) is 0 Å². The van der Waals surface area contributed by atoms with Crippen LogP contribution >= 0.6 is 0 Å². The minimum atomic E-state index is 0.251. The van der Waals surface area contributed by atoms with Gasteiger partial charge in [0.25, 0.3) is 0 Å². The van der Waals surface area contributed by atoms with Gasteiger partial charge in [-0.05, 0) is 26.2 Å². The molecule has 3 nitrogen and oxygen atoms in total. The summed E-state index contributed by atoms with van der Waals surface area (Å²) in [6.45, 7) is 4.42. The molecule has 0 aliphatic carbocycles. The van der Waals surface area contributed by atoms with Crippen molar-refractivity contribution < 1.29 is 5.11 Å². The van der Waals surface area contributed by atoms with Crippen LogP contribution in [-0.2, 0) is 0 Å². The average Bonchev–Trinajstić information content (AvgIpc) is 2.14. The highest BCUT2D eigenvalue weighted by atomic mass is 16.2. The highest BCUT2D eigenvalue weighted by Crippen LogP contribution is 2.02. The number of rotatable bonds is 7. The zero-order valence-electron chi connectivity index (χ0n) is 8.58. The fourth-order valence-corrected chi connectivity index (χ4v) is 1.31. The first kappa shape index (κ1) is 12.4. The molecule has 0 rings (SSSR count). The number of nitrogens with one attached hydrogen (secondary N) is 1. The Morgan fingerprint density at radius 1 is 1.54 bits per heavy atom. The van der Waals surface area contributed by atoms with E-state index in [-0.39, 0.29) is 6.61 Å². The third-order valence-electron chi connectivity index (χ3n) is 2.15. The number of aliphatic hydroxyl groups is 1. The van der Waals surface area contributed by atoms with Crippen LogP contribution in [0.25, 0.3) is 0 Å². The van der Waals surface area contributed by atoms with Gasteiger partial charge in [0, 0.05) is 18.7 Å². The summed E-state index contributed by atoms with van der Waals surface area (Å²) >= 11 is 0. The molecule has 0 aliphatic rings. The minimum absolute atomic E-state index is 0.251. The standard InChI is InChI=1S/C10H20N2O/c1-3-10(6-7-11)12-9(2)5-4-8-13/h9-10,12-13H,3-6,8H2,1-2H3. The average molecular weight is 184 g/mol. The molecule has 2 N–H and O–H groups in total. The molecular formula is C10H20N2O. The lowest BCUT2D eigenvalue weighted by Gasteiger charge is -2.19. The van der Waals surface area contributed by atoms with E-state index in [4.69, 9.17) is 10.4 Å². The molecule has 0 aliphatic heterocycles. The third-order valence-corrected chi connectivity index (χ3v) is 2.15. The van der Waals surface area contributed by atoms with Crippen LogP contribution in [0.5, 0.6) is 0 Å². The first-order valence-electron chi connectivity index (χ1n) is 4.98. The molecule has 0 amide bonds. The van der Waals surface area contributed by atoms with Gasteiger partial charge in [-0.1, -0.05) is 6.92 Å². The molecule has 13 heavy (non-hydrogen) atoms. The van der Waals surface area contributed by atoms with Crippen LogP contribution in [0.2, 0.25) is 0 Å². The van der Waals surface area contributed by atoms with E-state index in [1.165, 1.54) is 0 Å². The molecule has 0 saturated carbocycles. The zero-order valence-corrected chi connectivity index (χ0v) is 8.58. The Morgan fingerprint density at radius 2 is 2.23 bits per heavy atom. The van der Waals surface area contributed by atoms with E-state index >= 15 is 0 Å². The Hall–Kier alpha value is -0.590. The summed E-state index contributed by atoms with van der Waals surface area (Å²) in [6, 6.07) is 2.87. The lowest BCUT2D eigenvalue weighted by Crippen LogP contribution is -2.35. The SMILES string of the molecule is CCC(CC#N)NC(C)CCCO. The molecule has 0 aromatic rings. The zero-order chi connectivity index (χ0) is 10.1. The van der Waals surface area contributed by atoms with Gasteiger partial charge in [-0.25, -0.2) is 0 Å². The second-order valence-corrected chi connectivity index (χ2v) is 3.40. The fourth-order valence-electron chi connectivity index (χ4n) is 1.31. The van der Waals surface area contributed by atoms with Gasteiger partial charge in [-0.3, -0.25) is 0 Å². The molecule has 0 radical (unpaired) electrons. The Bertz CT molecular complexity index is 153. The van der Waals surface area contributed by atoms with Crippen LogP contribution in [-0.4, -0.2) is 23.8 Å². The number of hydrogen-bond donors (Lipinski definition) is 2. The summed E-state index contributed by atoms with van der Waals surface area (Å²) in [5.41, 5.74) is 0. The first-order valence-corrected chi connectivity index (χ1v) is 4.98. The Labute approximate surface area is 80.8 Å². The molecule has 76 valence electrons. The van der Waals surface area contributed by atoms with Crippen molar-refractivity contribution in [2.24, 2.45) is 0 Å². The Balaban J connectivity index is 3.60. The molecular weight excluding hydrogens is 164 g/mol. The topological polar surface area (TPSA) is 56.0 Å². The van der Waals surface area contributed by atoms with E-state index in [9.17, 15) is 0 Å². The molecule has 0 spiro atoms. The largest absolute Gasteiger partial charge is 0.396 e.